The van der Waals surface area contributed by atoms with Gasteiger partial charge >= 0.3 is 0 Å². The molecular formula is C18H17ClN2O3S. The lowest BCUT2D eigenvalue weighted by atomic mass is 10.1. The van der Waals surface area contributed by atoms with Gasteiger partial charge < -0.3 is 4.52 Å². The van der Waals surface area contributed by atoms with Crippen molar-refractivity contribution in [2.24, 2.45) is 0 Å². The fourth-order valence-corrected chi connectivity index (χ4v) is 3.64. The van der Waals surface area contributed by atoms with Crippen LogP contribution < -0.4 is 0 Å². The number of rotatable bonds is 5. The van der Waals surface area contributed by atoms with E-state index < -0.39 is 15.1 Å². The molecule has 0 atom stereocenters. The molecular weight excluding hydrogens is 360 g/mol. The minimum absolute atomic E-state index is 0.242. The van der Waals surface area contributed by atoms with Gasteiger partial charge in [-0.2, -0.15) is 4.98 Å². The molecule has 3 aromatic rings. The number of benzene rings is 2. The highest BCUT2D eigenvalue weighted by Gasteiger charge is 2.20. The lowest BCUT2D eigenvalue weighted by molar-refractivity contribution is 0.424. The van der Waals surface area contributed by atoms with Gasteiger partial charge in [-0.3, -0.25) is 0 Å². The minimum atomic E-state index is -3.36. The van der Waals surface area contributed by atoms with E-state index in [0.717, 1.165) is 5.56 Å². The van der Waals surface area contributed by atoms with E-state index in [1.54, 1.807) is 44.2 Å². The summed E-state index contributed by atoms with van der Waals surface area (Å²) < 4.78 is 29.9. The first-order valence-electron chi connectivity index (χ1n) is 7.78. The fraction of sp³-hybridized carbons (Fsp3) is 0.222. The zero-order valence-corrected chi connectivity index (χ0v) is 15.4. The predicted molar refractivity (Wildman–Crippen MR) is 96.3 cm³/mol. The third kappa shape index (κ3) is 3.75. The third-order valence-electron chi connectivity index (χ3n) is 3.80. The highest BCUT2D eigenvalue weighted by atomic mass is 35.5. The van der Waals surface area contributed by atoms with E-state index in [2.05, 4.69) is 10.1 Å². The zero-order valence-electron chi connectivity index (χ0n) is 13.8. The molecule has 2 aromatic carbocycles. The van der Waals surface area contributed by atoms with Gasteiger partial charge in [-0.25, -0.2) is 8.42 Å². The van der Waals surface area contributed by atoms with Crippen LogP contribution in [0.3, 0.4) is 0 Å². The smallest absolute Gasteiger partial charge is 0.257 e. The number of nitrogens with zero attached hydrogens (tertiary/aromatic N) is 2. The Balaban J connectivity index is 1.89. The highest BCUT2D eigenvalue weighted by molar-refractivity contribution is 7.92. The molecule has 0 unspecified atom stereocenters. The van der Waals surface area contributed by atoms with Gasteiger partial charge in [0.15, 0.2) is 15.7 Å². The molecule has 0 saturated carbocycles. The molecule has 0 aliphatic rings. The summed E-state index contributed by atoms with van der Waals surface area (Å²) in [4.78, 5) is 4.60. The Labute approximate surface area is 151 Å². The molecule has 1 heterocycles. The Hall–Kier alpha value is -2.18. The van der Waals surface area contributed by atoms with Gasteiger partial charge in [0.2, 0.25) is 0 Å². The standard InChI is InChI=1S/C18H17ClN2O3S/c1-12(2)25(22,23)15-8-5-7-14(10-15)18-20-17(21-24-18)11-13-6-3-4-9-16(13)19/h3-10,12H,11H2,1-2H3. The maximum atomic E-state index is 12.3. The summed E-state index contributed by atoms with van der Waals surface area (Å²) in [6.45, 7) is 3.30. The zero-order chi connectivity index (χ0) is 18.0. The Morgan fingerprint density at radius 3 is 2.60 bits per heavy atom. The lowest BCUT2D eigenvalue weighted by Crippen LogP contribution is -2.13. The molecule has 7 heteroatoms. The van der Waals surface area contributed by atoms with Crippen LogP contribution in [0.5, 0.6) is 0 Å². The maximum Gasteiger partial charge on any atom is 0.257 e. The molecule has 0 bridgehead atoms. The van der Waals surface area contributed by atoms with Crippen molar-refractivity contribution in [3.63, 3.8) is 0 Å². The second-order valence-corrected chi connectivity index (χ2v) is 8.82. The monoisotopic (exact) mass is 376 g/mol. The molecule has 0 N–H and O–H groups in total. The number of aromatic nitrogens is 2. The average Bonchev–Trinajstić information content (AvgIpc) is 3.05. The van der Waals surface area contributed by atoms with Gasteiger partial charge in [0.05, 0.1) is 10.1 Å². The van der Waals surface area contributed by atoms with Gasteiger partial charge in [-0.05, 0) is 43.7 Å². The molecule has 0 spiro atoms. The number of hydrogen-bond acceptors (Lipinski definition) is 5. The van der Waals surface area contributed by atoms with E-state index in [4.69, 9.17) is 16.1 Å². The van der Waals surface area contributed by atoms with Crippen molar-refractivity contribution in [3.8, 4) is 11.5 Å². The van der Waals surface area contributed by atoms with Crippen molar-refractivity contribution in [3.05, 3.63) is 64.9 Å². The first kappa shape index (κ1) is 17.6. The molecule has 0 radical (unpaired) electrons. The summed E-state index contributed by atoms with van der Waals surface area (Å²) in [5, 5.41) is 4.10. The maximum absolute atomic E-state index is 12.3. The van der Waals surface area contributed by atoms with Gasteiger partial charge in [-0.15, -0.1) is 0 Å². The van der Waals surface area contributed by atoms with Crippen molar-refractivity contribution >= 4 is 21.4 Å². The summed E-state index contributed by atoms with van der Waals surface area (Å²) in [7, 11) is -3.36. The Morgan fingerprint density at radius 1 is 1.12 bits per heavy atom. The van der Waals surface area contributed by atoms with Crippen LogP contribution in [-0.2, 0) is 16.3 Å². The van der Waals surface area contributed by atoms with E-state index >= 15 is 0 Å². The summed E-state index contributed by atoms with van der Waals surface area (Å²) in [6, 6.07) is 14.0. The molecule has 0 amide bonds. The average molecular weight is 377 g/mol. The van der Waals surface area contributed by atoms with Gasteiger partial charge in [0.25, 0.3) is 5.89 Å². The van der Waals surface area contributed by atoms with Gasteiger partial charge in [-0.1, -0.05) is 41.0 Å². The van der Waals surface area contributed by atoms with E-state index in [1.165, 1.54) is 0 Å². The van der Waals surface area contributed by atoms with Crippen LogP contribution in [0.25, 0.3) is 11.5 Å². The normalized spacial score (nSPS) is 11.8. The summed E-state index contributed by atoms with van der Waals surface area (Å²) in [6.07, 6.45) is 0.438. The molecule has 0 aliphatic carbocycles. The first-order valence-corrected chi connectivity index (χ1v) is 9.70. The SMILES string of the molecule is CC(C)S(=O)(=O)c1cccc(-c2nc(Cc3ccccc3Cl)no2)c1. The largest absolute Gasteiger partial charge is 0.334 e. The molecule has 25 heavy (non-hydrogen) atoms. The molecule has 130 valence electrons. The van der Waals surface area contributed by atoms with E-state index in [0.29, 0.717) is 22.8 Å². The quantitative estimate of drug-likeness (QED) is 0.668. The van der Waals surface area contributed by atoms with Gasteiger partial charge in [0.1, 0.15) is 0 Å². The third-order valence-corrected chi connectivity index (χ3v) is 6.33. The topological polar surface area (TPSA) is 73.1 Å². The summed E-state index contributed by atoms with van der Waals surface area (Å²) in [5.41, 5.74) is 1.47. The second kappa shape index (κ2) is 6.98. The van der Waals surface area contributed by atoms with Crippen LogP contribution in [0.2, 0.25) is 5.02 Å². The first-order chi connectivity index (χ1) is 11.9. The predicted octanol–water partition coefficient (Wildman–Crippen LogP) is 4.16. The van der Waals surface area contributed by atoms with Gasteiger partial charge in [0, 0.05) is 17.0 Å². The summed E-state index contributed by atoms with van der Waals surface area (Å²) >= 11 is 6.15. The van der Waals surface area contributed by atoms with E-state index in [-0.39, 0.29) is 10.8 Å². The fourth-order valence-electron chi connectivity index (χ4n) is 2.33. The van der Waals surface area contributed by atoms with Crippen LogP contribution in [0, 0.1) is 0 Å². The molecule has 1 aromatic heterocycles. The lowest BCUT2D eigenvalue weighted by Gasteiger charge is -2.08. The number of sulfone groups is 1. The molecule has 0 aliphatic heterocycles. The summed E-state index contributed by atoms with van der Waals surface area (Å²) in [5.74, 6) is 0.767. The van der Waals surface area contributed by atoms with Crippen LogP contribution in [-0.4, -0.2) is 23.8 Å². The van der Waals surface area contributed by atoms with Crippen LogP contribution >= 0.6 is 11.6 Å². The Kier molecular flexibility index (Phi) is 4.92. The molecule has 5 nitrogen and oxygen atoms in total. The van der Waals surface area contributed by atoms with Crippen LogP contribution in [0.4, 0.5) is 0 Å². The van der Waals surface area contributed by atoms with Crippen LogP contribution in [0.1, 0.15) is 25.2 Å². The number of halogens is 1. The van der Waals surface area contributed by atoms with Crippen molar-refractivity contribution in [2.45, 2.75) is 30.4 Å². The molecule has 0 fully saturated rings. The van der Waals surface area contributed by atoms with Crippen LogP contribution in [0.15, 0.2) is 57.9 Å². The Bertz CT molecular complexity index is 997. The van der Waals surface area contributed by atoms with Crippen molar-refractivity contribution in [1.82, 2.24) is 10.1 Å². The molecule has 0 saturated heterocycles. The van der Waals surface area contributed by atoms with E-state index in [9.17, 15) is 8.42 Å². The van der Waals surface area contributed by atoms with E-state index in [1.807, 2.05) is 18.2 Å². The number of hydrogen-bond donors (Lipinski definition) is 0. The second-order valence-electron chi connectivity index (χ2n) is 5.91. The Morgan fingerprint density at radius 2 is 1.88 bits per heavy atom. The van der Waals surface area contributed by atoms with Crippen molar-refractivity contribution in [1.29, 1.82) is 0 Å². The van der Waals surface area contributed by atoms with Crippen molar-refractivity contribution in [2.75, 3.05) is 0 Å². The molecule has 3 rings (SSSR count). The highest BCUT2D eigenvalue weighted by Crippen LogP contribution is 2.24. The minimum Gasteiger partial charge on any atom is -0.334 e. The van der Waals surface area contributed by atoms with Crippen molar-refractivity contribution < 1.29 is 12.9 Å².